The minimum Gasteiger partial charge on any atom is -0.273 e. The van der Waals surface area contributed by atoms with Gasteiger partial charge in [-0.3, -0.25) is 15.6 Å². The monoisotopic (exact) mass is 381 g/mol. The molecule has 0 unspecified atom stereocenters. The number of carbonyl (C=O) groups is 1. The van der Waals surface area contributed by atoms with Crippen LogP contribution in [-0.4, -0.2) is 16.6 Å². The van der Waals surface area contributed by atoms with E-state index in [1.165, 1.54) is 35.2 Å². The molecule has 0 saturated carbocycles. The summed E-state index contributed by atoms with van der Waals surface area (Å²) in [7, 11) is 0. The lowest BCUT2D eigenvalue weighted by molar-refractivity contribution is -0.118. The Labute approximate surface area is 151 Å². The molecule has 3 rings (SSSR count). The van der Waals surface area contributed by atoms with Crippen molar-refractivity contribution in [3.8, 4) is 0 Å². The van der Waals surface area contributed by atoms with E-state index in [0.29, 0.717) is 10.2 Å². The molecule has 2 aromatic carbocycles. The van der Waals surface area contributed by atoms with Crippen LogP contribution in [0.25, 0.3) is 10.2 Å². The number of nitrogens with zero attached hydrogens (tertiary/aromatic N) is 1. The number of hydrogen-bond donors (Lipinski definition) is 2. The summed E-state index contributed by atoms with van der Waals surface area (Å²) in [6.07, 6.45) is 0. The summed E-state index contributed by atoms with van der Waals surface area (Å²) in [6.45, 7) is 1.91. The first-order valence-electron chi connectivity index (χ1n) is 7.02. The molecule has 24 heavy (non-hydrogen) atoms. The molecule has 0 radical (unpaired) electrons. The number of fused-ring (bicyclic) bond motifs is 1. The summed E-state index contributed by atoms with van der Waals surface area (Å²) in [6, 6.07) is 9.75. The second kappa shape index (κ2) is 7.38. The van der Waals surface area contributed by atoms with Crippen LogP contribution in [0.1, 0.15) is 5.56 Å². The molecule has 3 aromatic rings. The van der Waals surface area contributed by atoms with Crippen molar-refractivity contribution in [3.05, 3.63) is 52.8 Å². The Balaban J connectivity index is 1.56. The van der Waals surface area contributed by atoms with Gasteiger partial charge in [0.25, 0.3) is 0 Å². The van der Waals surface area contributed by atoms with Gasteiger partial charge in [0.05, 0.1) is 16.0 Å². The maximum absolute atomic E-state index is 12.8. The summed E-state index contributed by atoms with van der Waals surface area (Å²) in [5.41, 5.74) is 7.16. The van der Waals surface area contributed by atoms with Gasteiger partial charge in [0.2, 0.25) is 11.0 Å². The van der Waals surface area contributed by atoms with Gasteiger partial charge in [-0.1, -0.05) is 22.9 Å². The number of aromatic nitrogens is 1. The number of thiazole rings is 1. The van der Waals surface area contributed by atoms with Crippen LogP contribution in [0, 0.1) is 12.7 Å². The zero-order chi connectivity index (χ0) is 17.1. The average molecular weight is 382 g/mol. The molecule has 0 aliphatic carbocycles. The molecule has 0 aliphatic rings. The average Bonchev–Trinajstić information content (AvgIpc) is 3.00. The fourth-order valence-corrected chi connectivity index (χ4v) is 3.72. The van der Waals surface area contributed by atoms with Gasteiger partial charge >= 0.3 is 0 Å². The van der Waals surface area contributed by atoms with Crippen molar-refractivity contribution in [1.29, 1.82) is 0 Å². The predicted octanol–water partition coefficient (Wildman–Crippen LogP) is 4.63. The first kappa shape index (κ1) is 17.0. The van der Waals surface area contributed by atoms with E-state index in [-0.39, 0.29) is 17.5 Å². The van der Waals surface area contributed by atoms with Gasteiger partial charge in [-0.25, -0.2) is 9.37 Å². The topological polar surface area (TPSA) is 54.0 Å². The molecule has 0 spiro atoms. The van der Waals surface area contributed by atoms with Crippen LogP contribution in [0.5, 0.6) is 0 Å². The molecular formula is C16H13ClFN3OS2. The number of nitrogens with one attached hydrogen (secondary N) is 2. The summed E-state index contributed by atoms with van der Waals surface area (Å²) in [5, 5.41) is 1.26. The minimum absolute atomic E-state index is 0.196. The largest absolute Gasteiger partial charge is 0.273 e. The summed E-state index contributed by atoms with van der Waals surface area (Å²) in [4.78, 5) is 17.1. The first-order valence-corrected chi connectivity index (χ1v) is 9.20. The van der Waals surface area contributed by atoms with Gasteiger partial charge in [-0.2, -0.15) is 0 Å². The molecule has 1 heterocycles. The quantitative estimate of drug-likeness (QED) is 0.499. The van der Waals surface area contributed by atoms with E-state index in [9.17, 15) is 9.18 Å². The van der Waals surface area contributed by atoms with Crippen molar-refractivity contribution in [2.45, 2.75) is 11.8 Å². The van der Waals surface area contributed by atoms with Crippen LogP contribution in [0.3, 0.4) is 0 Å². The van der Waals surface area contributed by atoms with Crippen LogP contribution in [0.2, 0.25) is 5.02 Å². The molecular weight excluding hydrogens is 369 g/mol. The van der Waals surface area contributed by atoms with Crippen LogP contribution in [0.4, 0.5) is 9.52 Å². The van der Waals surface area contributed by atoms with Crippen molar-refractivity contribution < 1.29 is 9.18 Å². The standard InChI is InChI=1S/C16H13ClFN3OS2/c1-9-12(17)6-7-13-15(9)19-16(24-13)21-20-14(22)8-23-11-4-2-10(18)3-5-11/h2-7H,8H2,1H3,(H,19,21)(H,20,22). The molecule has 0 bridgehead atoms. The van der Waals surface area contributed by atoms with Crippen molar-refractivity contribution in [1.82, 2.24) is 10.4 Å². The predicted molar refractivity (Wildman–Crippen MR) is 98.3 cm³/mol. The number of halogens is 2. The molecule has 4 nitrogen and oxygen atoms in total. The molecule has 8 heteroatoms. The Morgan fingerprint density at radius 3 is 2.79 bits per heavy atom. The van der Waals surface area contributed by atoms with E-state index in [4.69, 9.17) is 11.6 Å². The second-order valence-corrected chi connectivity index (χ2v) is 7.44. The number of hydrazine groups is 1. The minimum atomic E-state index is -0.295. The fraction of sp³-hybridized carbons (Fsp3) is 0.125. The third kappa shape index (κ3) is 3.98. The van der Waals surface area contributed by atoms with E-state index in [1.54, 1.807) is 12.1 Å². The molecule has 0 saturated heterocycles. The normalized spacial score (nSPS) is 10.8. The van der Waals surface area contributed by atoms with Crippen molar-refractivity contribution in [3.63, 3.8) is 0 Å². The Morgan fingerprint density at radius 1 is 1.29 bits per heavy atom. The van der Waals surface area contributed by atoms with E-state index >= 15 is 0 Å². The van der Waals surface area contributed by atoms with Gasteiger partial charge in [-0.05, 0) is 48.9 Å². The Hall–Kier alpha value is -1.83. The number of amides is 1. The molecule has 0 fully saturated rings. The van der Waals surface area contributed by atoms with Crippen molar-refractivity contribution >= 4 is 56.0 Å². The summed E-state index contributed by atoms with van der Waals surface area (Å²) < 4.78 is 13.8. The molecule has 0 atom stereocenters. The number of anilines is 1. The maximum atomic E-state index is 12.8. The lowest BCUT2D eigenvalue weighted by atomic mass is 10.2. The van der Waals surface area contributed by atoms with Crippen LogP contribution < -0.4 is 10.9 Å². The van der Waals surface area contributed by atoms with E-state index in [1.807, 2.05) is 19.1 Å². The van der Waals surface area contributed by atoms with Gasteiger partial charge in [-0.15, -0.1) is 11.8 Å². The molecule has 0 aliphatic heterocycles. The fourth-order valence-electron chi connectivity index (χ4n) is 1.99. The highest BCUT2D eigenvalue weighted by Gasteiger charge is 2.09. The highest BCUT2D eigenvalue weighted by atomic mass is 35.5. The highest BCUT2D eigenvalue weighted by molar-refractivity contribution is 8.00. The molecule has 1 amide bonds. The van der Waals surface area contributed by atoms with Crippen LogP contribution in [0.15, 0.2) is 41.3 Å². The Morgan fingerprint density at radius 2 is 2.04 bits per heavy atom. The molecule has 124 valence electrons. The van der Waals surface area contributed by atoms with Crippen molar-refractivity contribution in [2.75, 3.05) is 11.2 Å². The third-order valence-electron chi connectivity index (χ3n) is 3.24. The number of aryl methyl sites for hydroxylation is 1. The van der Waals surface area contributed by atoms with Gasteiger partial charge in [0, 0.05) is 9.92 Å². The van der Waals surface area contributed by atoms with Gasteiger partial charge in [0.1, 0.15) is 5.82 Å². The SMILES string of the molecule is Cc1c(Cl)ccc2sc(NNC(=O)CSc3ccc(F)cc3)nc12. The second-order valence-electron chi connectivity index (χ2n) is 4.95. The number of rotatable bonds is 5. The number of benzene rings is 2. The number of hydrogen-bond acceptors (Lipinski definition) is 5. The van der Waals surface area contributed by atoms with Crippen LogP contribution in [-0.2, 0) is 4.79 Å². The van der Waals surface area contributed by atoms with E-state index in [0.717, 1.165) is 20.7 Å². The lowest BCUT2D eigenvalue weighted by Gasteiger charge is -2.05. The number of carbonyl (C=O) groups excluding carboxylic acids is 1. The zero-order valence-electron chi connectivity index (χ0n) is 12.6. The van der Waals surface area contributed by atoms with E-state index < -0.39 is 0 Å². The Kier molecular flexibility index (Phi) is 5.23. The van der Waals surface area contributed by atoms with Crippen LogP contribution >= 0.6 is 34.7 Å². The van der Waals surface area contributed by atoms with Gasteiger partial charge < -0.3 is 0 Å². The highest BCUT2D eigenvalue weighted by Crippen LogP contribution is 2.31. The summed E-state index contributed by atoms with van der Waals surface area (Å²) >= 11 is 8.84. The summed E-state index contributed by atoms with van der Waals surface area (Å²) in [5.74, 6) is -0.274. The smallest absolute Gasteiger partial charge is 0.248 e. The Bertz CT molecular complexity index is 883. The third-order valence-corrected chi connectivity index (χ3v) is 5.60. The molecule has 2 N–H and O–H groups in total. The van der Waals surface area contributed by atoms with Crippen molar-refractivity contribution in [2.24, 2.45) is 0 Å². The lowest BCUT2D eigenvalue weighted by Crippen LogP contribution is -2.30. The zero-order valence-corrected chi connectivity index (χ0v) is 15.0. The van der Waals surface area contributed by atoms with E-state index in [2.05, 4.69) is 15.8 Å². The number of thioether (sulfide) groups is 1. The maximum Gasteiger partial charge on any atom is 0.248 e. The molecule has 1 aromatic heterocycles. The first-order chi connectivity index (χ1) is 11.5. The van der Waals surface area contributed by atoms with Gasteiger partial charge in [0.15, 0.2) is 0 Å².